The number of aromatic amines is 1. The van der Waals surface area contributed by atoms with Gasteiger partial charge < -0.3 is 15.0 Å². The van der Waals surface area contributed by atoms with Gasteiger partial charge in [0.05, 0.1) is 18.9 Å². The van der Waals surface area contributed by atoms with Crippen LogP contribution in [0.5, 0.6) is 0 Å². The molecule has 0 atom stereocenters. The summed E-state index contributed by atoms with van der Waals surface area (Å²) in [7, 11) is 1.59. The predicted molar refractivity (Wildman–Crippen MR) is 120 cm³/mol. The number of amides is 1. The van der Waals surface area contributed by atoms with Crippen LogP contribution in [0.4, 0.5) is 5.69 Å². The molecule has 1 amide bonds. The van der Waals surface area contributed by atoms with Crippen LogP contribution in [0.3, 0.4) is 0 Å². The molecule has 0 unspecified atom stereocenters. The fraction of sp³-hybridized carbons (Fsp3) is 0.227. The first-order valence-electron chi connectivity index (χ1n) is 9.57. The highest BCUT2D eigenvalue weighted by molar-refractivity contribution is 7.99. The number of aryl methyl sites for hydroxylation is 1. The fourth-order valence-electron chi connectivity index (χ4n) is 3.30. The summed E-state index contributed by atoms with van der Waals surface area (Å²) in [5.74, 6) is -0.0115. The Balaban J connectivity index is 1.66. The van der Waals surface area contributed by atoms with Crippen LogP contribution in [-0.4, -0.2) is 39.9 Å². The van der Waals surface area contributed by atoms with Gasteiger partial charge in [-0.2, -0.15) is 0 Å². The summed E-state index contributed by atoms with van der Waals surface area (Å²) in [6.07, 6.45) is 0. The van der Waals surface area contributed by atoms with Gasteiger partial charge in [0.2, 0.25) is 5.91 Å². The Morgan fingerprint density at radius 2 is 1.97 bits per heavy atom. The number of carbonyl (C=O) groups excluding carboxylic acids is 1. The summed E-state index contributed by atoms with van der Waals surface area (Å²) in [4.78, 5) is 33.5. The van der Waals surface area contributed by atoms with Crippen molar-refractivity contribution in [3.63, 3.8) is 0 Å². The van der Waals surface area contributed by atoms with Crippen molar-refractivity contribution in [2.24, 2.45) is 0 Å². The molecule has 7 nitrogen and oxygen atoms in total. The third kappa shape index (κ3) is 3.96. The molecule has 0 aliphatic heterocycles. The molecule has 0 radical (unpaired) electrons. The van der Waals surface area contributed by atoms with E-state index in [0.717, 1.165) is 22.2 Å². The Hall–Kier alpha value is -3.10. The van der Waals surface area contributed by atoms with Gasteiger partial charge in [0, 0.05) is 23.7 Å². The summed E-state index contributed by atoms with van der Waals surface area (Å²) in [5, 5.41) is 4.29. The number of anilines is 1. The summed E-state index contributed by atoms with van der Waals surface area (Å²) in [6, 6.07) is 15.3. The molecule has 0 saturated carbocycles. The van der Waals surface area contributed by atoms with Crippen molar-refractivity contribution in [1.82, 2.24) is 14.5 Å². The number of nitrogens with zero attached hydrogens (tertiary/aromatic N) is 2. The van der Waals surface area contributed by atoms with Crippen LogP contribution in [0.1, 0.15) is 5.56 Å². The van der Waals surface area contributed by atoms with Gasteiger partial charge in [-0.05, 0) is 24.6 Å². The summed E-state index contributed by atoms with van der Waals surface area (Å²) >= 11 is 1.24. The monoisotopic (exact) mass is 422 g/mol. The first-order chi connectivity index (χ1) is 14.6. The van der Waals surface area contributed by atoms with E-state index in [0.29, 0.717) is 29.3 Å². The number of hydrogen-bond donors (Lipinski definition) is 2. The second kappa shape index (κ2) is 8.73. The van der Waals surface area contributed by atoms with Gasteiger partial charge in [-0.25, -0.2) is 4.98 Å². The molecule has 2 aromatic carbocycles. The van der Waals surface area contributed by atoms with Crippen LogP contribution >= 0.6 is 11.8 Å². The van der Waals surface area contributed by atoms with Gasteiger partial charge >= 0.3 is 0 Å². The topological polar surface area (TPSA) is 89.0 Å². The number of carbonyl (C=O) groups is 1. The lowest BCUT2D eigenvalue weighted by atomic mass is 10.2. The Kier molecular flexibility index (Phi) is 5.87. The number of methoxy groups -OCH3 is 1. The molecule has 0 aliphatic carbocycles. The molecule has 154 valence electrons. The number of thioether (sulfide) groups is 1. The number of aromatic nitrogens is 3. The van der Waals surface area contributed by atoms with Gasteiger partial charge in [0.25, 0.3) is 5.56 Å². The number of para-hydroxylation sites is 2. The van der Waals surface area contributed by atoms with Crippen molar-refractivity contribution in [3.05, 3.63) is 64.4 Å². The van der Waals surface area contributed by atoms with E-state index < -0.39 is 0 Å². The van der Waals surface area contributed by atoms with E-state index in [9.17, 15) is 9.59 Å². The minimum absolute atomic E-state index is 0.140. The Morgan fingerprint density at radius 3 is 2.77 bits per heavy atom. The maximum Gasteiger partial charge on any atom is 0.278 e. The molecule has 30 heavy (non-hydrogen) atoms. The van der Waals surface area contributed by atoms with E-state index in [1.165, 1.54) is 11.8 Å². The van der Waals surface area contributed by atoms with E-state index in [1.54, 1.807) is 11.7 Å². The number of ether oxygens (including phenoxy) is 1. The summed E-state index contributed by atoms with van der Waals surface area (Å²) in [6.45, 7) is 2.67. The number of fused-ring (bicyclic) bond motifs is 3. The standard InChI is InChI=1S/C22H22N4O3S/c1-14-7-3-5-9-16(14)23-18(27)13-30-22-25-19-15-8-4-6-10-17(15)24-20(19)21(28)26(22)11-12-29-2/h3-10,24H,11-13H2,1-2H3,(H,23,27). The number of rotatable bonds is 7. The molecule has 0 bridgehead atoms. The summed E-state index contributed by atoms with van der Waals surface area (Å²) in [5.41, 5.74) is 3.53. The average molecular weight is 423 g/mol. The van der Waals surface area contributed by atoms with Gasteiger partial charge in [0.15, 0.2) is 5.16 Å². The van der Waals surface area contributed by atoms with Crippen molar-refractivity contribution in [2.75, 3.05) is 24.8 Å². The third-order valence-electron chi connectivity index (χ3n) is 4.85. The zero-order valence-electron chi connectivity index (χ0n) is 16.8. The van der Waals surface area contributed by atoms with Crippen LogP contribution in [0.15, 0.2) is 58.5 Å². The molecule has 0 saturated heterocycles. The van der Waals surface area contributed by atoms with Crippen LogP contribution < -0.4 is 10.9 Å². The largest absolute Gasteiger partial charge is 0.383 e. The Bertz CT molecular complexity index is 1280. The predicted octanol–water partition coefficient (Wildman–Crippen LogP) is 3.56. The summed E-state index contributed by atoms with van der Waals surface area (Å²) < 4.78 is 6.72. The van der Waals surface area contributed by atoms with Gasteiger partial charge in [0.1, 0.15) is 11.0 Å². The van der Waals surface area contributed by atoms with E-state index >= 15 is 0 Å². The Labute approximate surface area is 177 Å². The maximum atomic E-state index is 13.1. The van der Waals surface area contributed by atoms with Crippen LogP contribution in [0, 0.1) is 6.92 Å². The highest BCUT2D eigenvalue weighted by atomic mass is 32.2. The van der Waals surface area contributed by atoms with Crippen LogP contribution in [0.2, 0.25) is 0 Å². The lowest BCUT2D eigenvalue weighted by Crippen LogP contribution is -2.26. The van der Waals surface area contributed by atoms with Crippen LogP contribution in [-0.2, 0) is 16.1 Å². The van der Waals surface area contributed by atoms with Crippen molar-refractivity contribution in [3.8, 4) is 0 Å². The molecular formula is C22H22N4O3S. The number of H-pyrrole nitrogens is 1. The highest BCUT2D eigenvalue weighted by Crippen LogP contribution is 2.25. The third-order valence-corrected chi connectivity index (χ3v) is 5.82. The fourth-order valence-corrected chi connectivity index (χ4v) is 4.11. The SMILES string of the molecule is COCCn1c(SCC(=O)Nc2ccccc2C)nc2c([nH]c3ccccc32)c1=O. The second-order valence-electron chi connectivity index (χ2n) is 6.89. The first-order valence-corrected chi connectivity index (χ1v) is 10.6. The maximum absolute atomic E-state index is 13.1. The van der Waals surface area contributed by atoms with Crippen molar-refractivity contribution >= 4 is 45.3 Å². The zero-order valence-corrected chi connectivity index (χ0v) is 17.6. The Morgan fingerprint density at radius 1 is 1.20 bits per heavy atom. The van der Waals surface area contributed by atoms with E-state index in [-0.39, 0.29) is 17.2 Å². The van der Waals surface area contributed by atoms with Crippen molar-refractivity contribution in [1.29, 1.82) is 0 Å². The van der Waals surface area contributed by atoms with Crippen molar-refractivity contribution in [2.45, 2.75) is 18.6 Å². The molecular weight excluding hydrogens is 400 g/mol. The second-order valence-corrected chi connectivity index (χ2v) is 7.83. The molecule has 4 rings (SSSR count). The minimum Gasteiger partial charge on any atom is -0.383 e. The minimum atomic E-state index is -0.171. The molecule has 4 aromatic rings. The number of nitrogens with one attached hydrogen (secondary N) is 2. The van der Waals surface area contributed by atoms with Gasteiger partial charge in [-0.15, -0.1) is 0 Å². The number of benzene rings is 2. The highest BCUT2D eigenvalue weighted by Gasteiger charge is 2.17. The molecule has 0 aliphatic rings. The molecule has 0 fully saturated rings. The smallest absolute Gasteiger partial charge is 0.278 e. The molecule has 2 aromatic heterocycles. The van der Waals surface area contributed by atoms with Crippen LogP contribution in [0.25, 0.3) is 21.9 Å². The lowest BCUT2D eigenvalue weighted by molar-refractivity contribution is -0.113. The zero-order chi connectivity index (χ0) is 21.1. The molecule has 0 spiro atoms. The van der Waals surface area contributed by atoms with E-state index in [4.69, 9.17) is 9.72 Å². The first kappa shape index (κ1) is 20.2. The average Bonchev–Trinajstić information content (AvgIpc) is 3.12. The van der Waals surface area contributed by atoms with E-state index in [1.807, 2.05) is 55.5 Å². The normalized spacial score (nSPS) is 11.3. The molecule has 2 N–H and O–H groups in total. The van der Waals surface area contributed by atoms with Gasteiger partial charge in [-0.3, -0.25) is 14.2 Å². The molecule has 8 heteroatoms. The quantitative estimate of drug-likeness (QED) is 0.351. The van der Waals surface area contributed by atoms with Crippen molar-refractivity contribution < 1.29 is 9.53 Å². The van der Waals surface area contributed by atoms with Gasteiger partial charge in [-0.1, -0.05) is 48.2 Å². The van der Waals surface area contributed by atoms with E-state index in [2.05, 4.69) is 10.3 Å². The molecule has 2 heterocycles. The lowest BCUT2D eigenvalue weighted by Gasteiger charge is -2.12. The number of hydrogen-bond acceptors (Lipinski definition) is 5.